The van der Waals surface area contributed by atoms with E-state index in [0.29, 0.717) is 28.8 Å². The van der Waals surface area contributed by atoms with Gasteiger partial charge >= 0.3 is 0 Å². The van der Waals surface area contributed by atoms with Crippen LogP contribution in [0.4, 0.5) is 0 Å². The molecule has 3 aromatic rings. The van der Waals surface area contributed by atoms with Crippen LogP contribution in [0, 0.1) is 0 Å². The van der Waals surface area contributed by atoms with Crippen molar-refractivity contribution in [2.24, 2.45) is 0 Å². The molecule has 0 unspecified atom stereocenters. The second kappa shape index (κ2) is 6.42. The van der Waals surface area contributed by atoms with Gasteiger partial charge in [-0.25, -0.2) is 15.0 Å². The molecule has 5 rings (SSSR count). The molecule has 136 valence electrons. The minimum absolute atomic E-state index is 0.0127. The number of ether oxygens (including phenoxy) is 1. The summed E-state index contributed by atoms with van der Waals surface area (Å²) < 4.78 is 6.35. The zero-order chi connectivity index (χ0) is 18.3. The van der Waals surface area contributed by atoms with E-state index in [4.69, 9.17) is 4.74 Å². The molecule has 0 radical (unpaired) electrons. The van der Waals surface area contributed by atoms with Crippen molar-refractivity contribution in [1.29, 1.82) is 0 Å². The van der Waals surface area contributed by atoms with Crippen LogP contribution < -0.4 is 4.74 Å². The molecule has 1 aliphatic carbocycles. The monoisotopic (exact) mass is 378 g/mol. The molecule has 2 aromatic heterocycles. The van der Waals surface area contributed by atoms with E-state index in [0.717, 1.165) is 30.6 Å². The van der Waals surface area contributed by atoms with Crippen molar-refractivity contribution in [1.82, 2.24) is 19.9 Å². The predicted molar refractivity (Wildman–Crippen MR) is 102 cm³/mol. The zero-order valence-corrected chi connectivity index (χ0v) is 15.5. The molecule has 0 saturated heterocycles. The molecule has 2 aliphatic rings. The molecule has 3 heterocycles. The summed E-state index contributed by atoms with van der Waals surface area (Å²) in [6.07, 6.45) is 8.08. The van der Waals surface area contributed by atoms with Gasteiger partial charge in [0, 0.05) is 24.5 Å². The van der Waals surface area contributed by atoms with Crippen molar-refractivity contribution in [2.75, 3.05) is 6.54 Å². The Labute approximate surface area is 160 Å². The van der Waals surface area contributed by atoms with E-state index < -0.39 is 0 Å². The van der Waals surface area contributed by atoms with Crippen LogP contribution in [-0.4, -0.2) is 37.9 Å². The molecule has 27 heavy (non-hydrogen) atoms. The zero-order valence-electron chi connectivity index (χ0n) is 14.7. The maximum absolute atomic E-state index is 13.2. The van der Waals surface area contributed by atoms with Crippen LogP contribution in [0.1, 0.15) is 34.5 Å². The van der Waals surface area contributed by atoms with Crippen LogP contribution in [0.5, 0.6) is 5.75 Å². The van der Waals surface area contributed by atoms with E-state index in [2.05, 4.69) is 15.0 Å². The first-order valence-corrected chi connectivity index (χ1v) is 9.84. The summed E-state index contributed by atoms with van der Waals surface area (Å²) in [6, 6.07) is 9.76. The first-order chi connectivity index (χ1) is 13.2. The minimum atomic E-state index is -0.252. The summed E-state index contributed by atoms with van der Waals surface area (Å²) in [5, 5.41) is 0.656. The van der Waals surface area contributed by atoms with Gasteiger partial charge in [-0.2, -0.15) is 0 Å². The molecule has 0 N–H and O–H groups in total. The van der Waals surface area contributed by atoms with Gasteiger partial charge in [-0.05, 0) is 31.4 Å². The van der Waals surface area contributed by atoms with Gasteiger partial charge in [-0.15, -0.1) is 11.3 Å². The highest BCUT2D eigenvalue weighted by molar-refractivity contribution is 7.16. The normalized spacial score (nSPS) is 17.6. The summed E-state index contributed by atoms with van der Waals surface area (Å²) in [6.45, 7) is 1.15. The molecule has 1 spiro atoms. The van der Waals surface area contributed by atoms with Crippen molar-refractivity contribution in [2.45, 2.75) is 31.4 Å². The molecular formula is C20H18N4O2S. The number of benzene rings is 1. The highest BCUT2D eigenvalue weighted by Crippen LogP contribution is 2.41. The first-order valence-electron chi connectivity index (χ1n) is 9.02. The highest BCUT2D eigenvalue weighted by Gasteiger charge is 2.44. The Morgan fingerprint density at radius 2 is 1.93 bits per heavy atom. The SMILES string of the molecule is O=C(c1cnc(-c2ncccn2)s1)N1Cc2ccccc2OC2(CCC2)C1. The number of aromatic nitrogens is 3. The van der Waals surface area contributed by atoms with E-state index in [1.54, 1.807) is 24.7 Å². The van der Waals surface area contributed by atoms with E-state index in [1.807, 2.05) is 29.2 Å². The Bertz CT molecular complexity index is 984. The van der Waals surface area contributed by atoms with Crippen LogP contribution in [0.2, 0.25) is 0 Å². The van der Waals surface area contributed by atoms with Crippen LogP contribution in [-0.2, 0) is 6.54 Å². The fourth-order valence-electron chi connectivity index (χ4n) is 3.63. The van der Waals surface area contributed by atoms with E-state index in [9.17, 15) is 4.79 Å². The molecule has 1 saturated carbocycles. The second-order valence-corrected chi connectivity index (χ2v) is 8.04. The first kappa shape index (κ1) is 16.4. The molecule has 0 bridgehead atoms. The van der Waals surface area contributed by atoms with Crippen molar-refractivity contribution in [3.05, 3.63) is 59.4 Å². The van der Waals surface area contributed by atoms with Crippen molar-refractivity contribution in [3.8, 4) is 16.6 Å². The Morgan fingerprint density at radius 1 is 1.11 bits per heavy atom. The average Bonchev–Trinajstić information content (AvgIpc) is 3.09. The quantitative estimate of drug-likeness (QED) is 0.682. The van der Waals surface area contributed by atoms with Crippen LogP contribution in [0.3, 0.4) is 0 Å². The number of hydrogen-bond acceptors (Lipinski definition) is 6. The summed E-state index contributed by atoms with van der Waals surface area (Å²) in [5.41, 5.74) is 0.795. The third kappa shape index (κ3) is 2.98. The van der Waals surface area contributed by atoms with Gasteiger partial charge < -0.3 is 9.64 Å². The van der Waals surface area contributed by atoms with Gasteiger partial charge in [0.05, 0.1) is 12.7 Å². The molecule has 0 atom stereocenters. The number of rotatable bonds is 2. The fourth-order valence-corrected chi connectivity index (χ4v) is 4.46. The third-order valence-corrected chi connectivity index (χ3v) is 6.15. The number of para-hydroxylation sites is 1. The summed E-state index contributed by atoms with van der Waals surface area (Å²) >= 11 is 1.33. The Kier molecular flexibility index (Phi) is 3.89. The number of amides is 1. The van der Waals surface area contributed by atoms with Gasteiger partial charge in [0.25, 0.3) is 5.91 Å². The van der Waals surface area contributed by atoms with Gasteiger partial charge in [0.15, 0.2) is 10.8 Å². The van der Waals surface area contributed by atoms with Crippen LogP contribution in [0.25, 0.3) is 10.8 Å². The maximum Gasteiger partial charge on any atom is 0.266 e. The highest BCUT2D eigenvalue weighted by atomic mass is 32.1. The summed E-state index contributed by atoms with van der Waals surface area (Å²) in [4.78, 5) is 28.5. The lowest BCUT2D eigenvalue weighted by atomic mass is 9.79. The van der Waals surface area contributed by atoms with Gasteiger partial charge in [-0.3, -0.25) is 4.79 Å². The minimum Gasteiger partial charge on any atom is -0.485 e. The summed E-state index contributed by atoms with van der Waals surface area (Å²) in [7, 11) is 0. The number of hydrogen-bond donors (Lipinski definition) is 0. The van der Waals surface area contributed by atoms with E-state index in [1.165, 1.54) is 11.3 Å². The third-order valence-electron chi connectivity index (χ3n) is 5.16. The molecule has 1 amide bonds. The molecule has 7 heteroatoms. The number of nitrogens with zero attached hydrogens (tertiary/aromatic N) is 4. The van der Waals surface area contributed by atoms with Crippen molar-refractivity contribution >= 4 is 17.2 Å². The molecule has 6 nitrogen and oxygen atoms in total. The average molecular weight is 378 g/mol. The molecular weight excluding hydrogens is 360 g/mol. The van der Waals surface area contributed by atoms with Crippen LogP contribution >= 0.6 is 11.3 Å². The fraction of sp³-hybridized carbons (Fsp3) is 0.300. The van der Waals surface area contributed by atoms with Gasteiger partial charge in [0.1, 0.15) is 16.2 Å². The molecule has 1 fully saturated rings. The predicted octanol–water partition coefficient (Wildman–Crippen LogP) is 3.56. The topological polar surface area (TPSA) is 68.2 Å². The smallest absolute Gasteiger partial charge is 0.266 e. The second-order valence-electron chi connectivity index (χ2n) is 7.01. The standard InChI is InChI=1S/C20H18N4O2S/c25-19(16-11-23-18(27-16)17-21-9-4-10-22-17)24-12-14-5-1-2-6-15(14)26-20(13-24)7-3-8-20/h1-2,4-6,9-11H,3,7-8,12-13H2. The molecule has 1 aromatic carbocycles. The number of carbonyl (C=O) groups is 1. The Hall–Kier alpha value is -2.80. The lowest BCUT2D eigenvalue weighted by molar-refractivity contribution is -0.0246. The maximum atomic E-state index is 13.2. The van der Waals surface area contributed by atoms with Crippen molar-refractivity contribution < 1.29 is 9.53 Å². The van der Waals surface area contributed by atoms with Gasteiger partial charge in [-0.1, -0.05) is 18.2 Å². The Morgan fingerprint density at radius 3 is 2.70 bits per heavy atom. The van der Waals surface area contributed by atoms with Gasteiger partial charge in [0.2, 0.25) is 0 Å². The number of fused-ring (bicyclic) bond motifs is 1. The van der Waals surface area contributed by atoms with E-state index in [-0.39, 0.29) is 11.5 Å². The number of carbonyl (C=O) groups excluding carboxylic acids is 1. The van der Waals surface area contributed by atoms with E-state index >= 15 is 0 Å². The van der Waals surface area contributed by atoms with Crippen molar-refractivity contribution in [3.63, 3.8) is 0 Å². The lowest BCUT2D eigenvalue weighted by Crippen LogP contribution is -2.52. The largest absolute Gasteiger partial charge is 0.485 e. The number of thiazole rings is 1. The summed E-state index contributed by atoms with van der Waals surface area (Å²) in [5.74, 6) is 1.43. The Balaban J connectivity index is 1.45. The van der Waals surface area contributed by atoms with Crippen LogP contribution in [0.15, 0.2) is 48.9 Å². The lowest BCUT2D eigenvalue weighted by Gasteiger charge is -2.42. The molecule has 1 aliphatic heterocycles.